The highest BCUT2D eigenvalue weighted by atomic mass is 35.5. The quantitative estimate of drug-likeness (QED) is 0.910. The molecule has 1 saturated heterocycles. The molecular formula is C19H20ClN3O. The van der Waals surface area contributed by atoms with Gasteiger partial charge in [-0.3, -0.25) is 0 Å². The molecule has 124 valence electrons. The van der Waals surface area contributed by atoms with Gasteiger partial charge < -0.3 is 10.1 Å². The highest BCUT2D eigenvalue weighted by Crippen LogP contribution is 2.35. The normalized spacial score (nSPS) is 16.4. The standard InChI is InChI=1S/C19H20ClN3O/c1-14-2-7-18(23-17(14)12-21)22-13-19(8-10-24-11-9-19)15-3-5-16(20)6-4-15/h2-7H,8-11,13H2,1H3,(H,22,23). The average molecular weight is 342 g/mol. The van der Waals surface area contributed by atoms with Crippen LogP contribution in [0.5, 0.6) is 0 Å². The zero-order chi connectivity index (χ0) is 17.0. The third-order valence-electron chi connectivity index (χ3n) is 4.72. The highest BCUT2D eigenvalue weighted by molar-refractivity contribution is 6.30. The number of rotatable bonds is 4. The SMILES string of the molecule is Cc1ccc(NCC2(c3ccc(Cl)cc3)CCOCC2)nc1C#N. The Morgan fingerprint density at radius 3 is 2.58 bits per heavy atom. The van der Waals surface area contributed by atoms with Crippen LogP contribution in [-0.4, -0.2) is 24.7 Å². The number of hydrogen-bond donors (Lipinski definition) is 1. The van der Waals surface area contributed by atoms with Gasteiger partial charge in [0.05, 0.1) is 0 Å². The first-order valence-corrected chi connectivity index (χ1v) is 8.46. The van der Waals surface area contributed by atoms with E-state index in [1.54, 1.807) is 0 Å². The largest absolute Gasteiger partial charge is 0.381 e. The minimum atomic E-state index is -0.0117. The summed E-state index contributed by atoms with van der Waals surface area (Å²) in [6, 6.07) is 14.0. The van der Waals surface area contributed by atoms with E-state index in [9.17, 15) is 0 Å². The molecule has 2 heterocycles. The summed E-state index contributed by atoms with van der Waals surface area (Å²) in [7, 11) is 0. The van der Waals surface area contributed by atoms with Crippen molar-refractivity contribution in [1.29, 1.82) is 5.26 Å². The minimum absolute atomic E-state index is 0.0117. The van der Waals surface area contributed by atoms with Crippen molar-refractivity contribution in [3.8, 4) is 6.07 Å². The van der Waals surface area contributed by atoms with Crippen LogP contribution in [0.15, 0.2) is 36.4 Å². The molecule has 0 atom stereocenters. The van der Waals surface area contributed by atoms with Gasteiger partial charge in [0.2, 0.25) is 0 Å². The molecule has 0 radical (unpaired) electrons. The van der Waals surface area contributed by atoms with Gasteiger partial charge in [0.1, 0.15) is 17.6 Å². The molecule has 5 heteroatoms. The van der Waals surface area contributed by atoms with Crippen molar-refractivity contribution in [3.05, 3.63) is 58.2 Å². The second kappa shape index (κ2) is 7.21. The molecule has 1 aromatic carbocycles. The molecule has 1 aliphatic rings. The van der Waals surface area contributed by atoms with E-state index in [2.05, 4.69) is 28.5 Å². The fraction of sp³-hybridized carbons (Fsp3) is 0.368. The Morgan fingerprint density at radius 2 is 1.92 bits per heavy atom. The summed E-state index contributed by atoms with van der Waals surface area (Å²) in [5.74, 6) is 0.733. The van der Waals surface area contributed by atoms with Crippen molar-refractivity contribution >= 4 is 17.4 Å². The zero-order valence-corrected chi connectivity index (χ0v) is 14.4. The number of nitriles is 1. The second-order valence-electron chi connectivity index (χ2n) is 6.23. The average Bonchev–Trinajstić information content (AvgIpc) is 2.62. The third kappa shape index (κ3) is 3.53. The van der Waals surface area contributed by atoms with Gasteiger partial charge in [0.15, 0.2) is 0 Å². The molecule has 4 nitrogen and oxygen atoms in total. The van der Waals surface area contributed by atoms with E-state index in [-0.39, 0.29) is 5.41 Å². The number of halogens is 1. The first kappa shape index (κ1) is 16.8. The number of pyridine rings is 1. The van der Waals surface area contributed by atoms with Gasteiger partial charge in [-0.15, -0.1) is 0 Å². The highest BCUT2D eigenvalue weighted by Gasteiger charge is 2.34. The Labute approximate surface area is 147 Å². The molecule has 24 heavy (non-hydrogen) atoms. The van der Waals surface area contributed by atoms with Crippen LogP contribution in [-0.2, 0) is 10.2 Å². The molecule has 0 spiro atoms. The fourth-order valence-corrected chi connectivity index (χ4v) is 3.26. The van der Waals surface area contributed by atoms with Crippen molar-refractivity contribution in [1.82, 2.24) is 4.98 Å². The van der Waals surface area contributed by atoms with Gasteiger partial charge in [0, 0.05) is 30.2 Å². The topological polar surface area (TPSA) is 57.9 Å². The first-order valence-electron chi connectivity index (χ1n) is 8.08. The van der Waals surface area contributed by atoms with Crippen LogP contribution in [0, 0.1) is 18.3 Å². The maximum atomic E-state index is 9.15. The Balaban J connectivity index is 1.83. The number of anilines is 1. The predicted octanol–water partition coefficient (Wildman–Crippen LogP) is 4.08. The van der Waals surface area contributed by atoms with Crippen LogP contribution in [0.1, 0.15) is 29.7 Å². The van der Waals surface area contributed by atoms with Crippen molar-refractivity contribution in [3.63, 3.8) is 0 Å². The number of nitrogens with one attached hydrogen (secondary N) is 1. The number of ether oxygens (including phenoxy) is 1. The summed E-state index contributed by atoms with van der Waals surface area (Å²) in [6.07, 6.45) is 1.89. The molecule has 2 aromatic rings. The summed E-state index contributed by atoms with van der Waals surface area (Å²) in [4.78, 5) is 4.39. The maximum Gasteiger partial charge on any atom is 0.145 e. The van der Waals surface area contributed by atoms with Crippen LogP contribution in [0.3, 0.4) is 0 Å². The maximum absolute atomic E-state index is 9.15. The molecule has 0 saturated carbocycles. The summed E-state index contributed by atoms with van der Waals surface area (Å²) in [5.41, 5.74) is 2.60. The molecule has 1 aromatic heterocycles. The molecule has 0 amide bonds. The number of benzene rings is 1. The van der Waals surface area contributed by atoms with Gasteiger partial charge in [-0.25, -0.2) is 4.98 Å². The molecule has 1 aliphatic heterocycles. The Hall–Kier alpha value is -2.09. The van der Waals surface area contributed by atoms with E-state index in [1.807, 2.05) is 31.2 Å². The lowest BCUT2D eigenvalue weighted by molar-refractivity contribution is 0.0543. The number of aryl methyl sites for hydroxylation is 1. The van der Waals surface area contributed by atoms with Crippen LogP contribution in [0.25, 0.3) is 0 Å². The van der Waals surface area contributed by atoms with E-state index < -0.39 is 0 Å². The van der Waals surface area contributed by atoms with Crippen molar-refractivity contribution in [2.24, 2.45) is 0 Å². The molecular weight excluding hydrogens is 322 g/mol. The lowest BCUT2D eigenvalue weighted by Crippen LogP contribution is -2.40. The van der Waals surface area contributed by atoms with Crippen LogP contribution in [0.2, 0.25) is 5.02 Å². The Bertz CT molecular complexity index is 746. The third-order valence-corrected chi connectivity index (χ3v) is 4.97. The van der Waals surface area contributed by atoms with Gasteiger partial charge in [-0.2, -0.15) is 5.26 Å². The van der Waals surface area contributed by atoms with E-state index in [0.717, 1.165) is 49.0 Å². The smallest absolute Gasteiger partial charge is 0.145 e. The van der Waals surface area contributed by atoms with Crippen LogP contribution >= 0.6 is 11.6 Å². The lowest BCUT2D eigenvalue weighted by Gasteiger charge is -2.38. The number of hydrogen-bond acceptors (Lipinski definition) is 4. The monoisotopic (exact) mass is 341 g/mol. The van der Waals surface area contributed by atoms with E-state index in [0.29, 0.717) is 5.69 Å². The van der Waals surface area contributed by atoms with Gasteiger partial charge in [-0.05, 0) is 49.1 Å². The van der Waals surface area contributed by atoms with Gasteiger partial charge in [-0.1, -0.05) is 29.8 Å². The van der Waals surface area contributed by atoms with Gasteiger partial charge >= 0.3 is 0 Å². The zero-order valence-electron chi connectivity index (χ0n) is 13.7. The predicted molar refractivity (Wildman–Crippen MR) is 95.4 cm³/mol. The molecule has 0 aliphatic carbocycles. The Morgan fingerprint density at radius 1 is 1.21 bits per heavy atom. The molecule has 1 fully saturated rings. The van der Waals surface area contributed by atoms with Crippen molar-refractivity contribution in [2.75, 3.05) is 25.1 Å². The first-order chi connectivity index (χ1) is 11.6. The summed E-state index contributed by atoms with van der Waals surface area (Å²) >= 11 is 6.04. The van der Waals surface area contributed by atoms with Crippen molar-refractivity contribution in [2.45, 2.75) is 25.2 Å². The second-order valence-corrected chi connectivity index (χ2v) is 6.66. The molecule has 0 bridgehead atoms. The fourth-order valence-electron chi connectivity index (χ4n) is 3.13. The summed E-state index contributed by atoms with van der Waals surface area (Å²) < 4.78 is 5.56. The number of nitrogens with zero attached hydrogens (tertiary/aromatic N) is 2. The van der Waals surface area contributed by atoms with Gasteiger partial charge in [0.25, 0.3) is 0 Å². The van der Waals surface area contributed by atoms with E-state index >= 15 is 0 Å². The van der Waals surface area contributed by atoms with E-state index in [1.165, 1.54) is 5.56 Å². The molecule has 0 unspecified atom stereocenters. The van der Waals surface area contributed by atoms with Crippen LogP contribution < -0.4 is 5.32 Å². The van der Waals surface area contributed by atoms with Crippen molar-refractivity contribution < 1.29 is 4.74 Å². The van der Waals surface area contributed by atoms with E-state index in [4.69, 9.17) is 21.6 Å². The molecule has 1 N–H and O–H groups in total. The lowest BCUT2D eigenvalue weighted by atomic mass is 9.74. The Kier molecular flexibility index (Phi) is 5.03. The number of aromatic nitrogens is 1. The summed E-state index contributed by atoms with van der Waals surface area (Å²) in [6.45, 7) is 4.13. The summed E-state index contributed by atoms with van der Waals surface area (Å²) in [5, 5.41) is 13.3. The van der Waals surface area contributed by atoms with Crippen LogP contribution in [0.4, 0.5) is 5.82 Å². The minimum Gasteiger partial charge on any atom is -0.381 e. The molecule has 3 rings (SSSR count).